The van der Waals surface area contributed by atoms with E-state index < -0.39 is 0 Å². The van der Waals surface area contributed by atoms with Crippen molar-refractivity contribution in [3.63, 3.8) is 0 Å². The maximum absolute atomic E-state index is 12.1. The molecule has 1 aliphatic carbocycles. The minimum Gasteiger partial charge on any atom is -0.481 e. The summed E-state index contributed by atoms with van der Waals surface area (Å²) in [7, 11) is 3.41. The molecule has 0 unspecified atom stereocenters. The topological polar surface area (TPSA) is 68.2 Å². The van der Waals surface area contributed by atoms with E-state index in [1.165, 1.54) is 0 Å². The number of amides is 2. The fourth-order valence-corrected chi connectivity index (χ4v) is 3.19. The molecular weight excluding hydrogens is 328 g/mol. The number of nitrogens with one attached hydrogen (secondary N) is 2. The van der Waals surface area contributed by atoms with Gasteiger partial charge < -0.3 is 15.4 Å². The minimum absolute atomic E-state index is 0.153. The zero-order valence-electron chi connectivity index (χ0n) is 14.0. The quantitative estimate of drug-likeness (QED) is 0.873. The smallest absolute Gasteiger partial charge is 0.315 e. The zero-order valence-corrected chi connectivity index (χ0v) is 14.7. The maximum Gasteiger partial charge on any atom is 0.315 e. The third-order valence-electron chi connectivity index (χ3n) is 4.29. The van der Waals surface area contributed by atoms with Gasteiger partial charge in [0.2, 0.25) is 5.88 Å². The van der Waals surface area contributed by atoms with Gasteiger partial charge in [-0.25, -0.2) is 9.48 Å². The second-order valence-electron chi connectivity index (χ2n) is 6.03. The third-order valence-corrected chi connectivity index (χ3v) is 4.53. The number of aromatic nitrogens is 2. The van der Waals surface area contributed by atoms with Gasteiger partial charge in [-0.15, -0.1) is 0 Å². The Morgan fingerprint density at radius 2 is 2.29 bits per heavy atom. The highest BCUT2D eigenvalue weighted by atomic mass is 35.5. The summed E-state index contributed by atoms with van der Waals surface area (Å²) in [5, 5.41) is 10.9. The molecule has 1 aromatic carbocycles. The van der Waals surface area contributed by atoms with Gasteiger partial charge in [0.05, 0.1) is 24.9 Å². The van der Waals surface area contributed by atoms with Crippen molar-refractivity contribution in [2.75, 3.05) is 7.11 Å². The Bertz CT molecular complexity index is 759. The van der Waals surface area contributed by atoms with E-state index in [-0.39, 0.29) is 12.1 Å². The predicted molar refractivity (Wildman–Crippen MR) is 92.5 cm³/mol. The largest absolute Gasteiger partial charge is 0.481 e. The molecule has 128 valence electrons. The number of urea groups is 1. The molecule has 1 saturated carbocycles. The average Bonchev–Trinajstić information content (AvgIpc) is 3.23. The molecule has 6 nitrogen and oxygen atoms in total. The van der Waals surface area contributed by atoms with Crippen LogP contribution in [0.1, 0.15) is 29.2 Å². The van der Waals surface area contributed by atoms with E-state index in [0.29, 0.717) is 18.3 Å². The molecule has 2 aromatic rings. The molecule has 3 rings (SSSR count). The van der Waals surface area contributed by atoms with Crippen LogP contribution in [0.15, 0.2) is 24.3 Å². The lowest BCUT2D eigenvalue weighted by Crippen LogP contribution is -2.37. The molecule has 0 saturated heterocycles. The Balaban J connectivity index is 1.53. The van der Waals surface area contributed by atoms with Crippen LogP contribution >= 0.6 is 11.6 Å². The van der Waals surface area contributed by atoms with Crippen LogP contribution in [0.3, 0.4) is 0 Å². The molecule has 0 radical (unpaired) electrons. The van der Waals surface area contributed by atoms with E-state index >= 15 is 0 Å². The summed E-state index contributed by atoms with van der Waals surface area (Å²) in [5.74, 6) is 1.00. The lowest BCUT2D eigenvalue weighted by molar-refractivity contribution is 0.239. The Kier molecular flexibility index (Phi) is 4.66. The van der Waals surface area contributed by atoms with Gasteiger partial charge in [0.25, 0.3) is 0 Å². The van der Waals surface area contributed by atoms with Gasteiger partial charge in [-0.3, -0.25) is 0 Å². The zero-order chi connectivity index (χ0) is 17.3. The molecule has 1 fully saturated rings. The molecule has 2 atom stereocenters. The molecule has 0 bridgehead atoms. The Morgan fingerprint density at radius 1 is 1.50 bits per heavy atom. The van der Waals surface area contributed by atoms with Gasteiger partial charge in [-0.2, -0.15) is 5.10 Å². The van der Waals surface area contributed by atoms with Crippen molar-refractivity contribution in [3.05, 3.63) is 46.1 Å². The van der Waals surface area contributed by atoms with Crippen LogP contribution in [0.5, 0.6) is 5.88 Å². The molecule has 1 heterocycles. The van der Waals surface area contributed by atoms with Gasteiger partial charge in [-0.05, 0) is 31.0 Å². The number of rotatable bonds is 5. The van der Waals surface area contributed by atoms with E-state index in [1.807, 2.05) is 38.2 Å². The number of methoxy groups -OCH3 is 1. The van der Waals surface area contributed by atoms with Crippen molar-refractivity contribution in [1.82, 2.24) is 20.4 Å². The van der Waals surface area contributed by atoms with Crippen LogP contribution in [0, 0.1) is 6.92 Å². The predicted octanol–water partition coefficient (Wildman–Crippen LogP) is 2.75. The second-order valence-corrected chi connectivity index (χ2v) is 6.46. The fraction of sp³-hybridized carbons (Fsp3) is 0.412. The average molecular weight is 349 g/mol. The Morgan fingerprint density at radius 3 is 3.00 bits per heavy atom. The van der Waals surface area contributed by atoms with Crippen LogP contribution in [0.4, 0.5) is 4.79 Å². The summed E-state index contributed by atoms with van der Waals surface area (Å²) < 4.78 is 6.99. The summed E-state index contributed by atoms with van der Waals surface area (Å²) in [4.78, 5) is 12.1. The lowest BCUT2D eigenvalue weighted by atomic mass is 10.1. The summed E-state index contributed by atoms with van der Waals surface area (Å²) >= 11 is 6.01. The number of carbonyl (C=O) groups excluding carboxylic acids is 1. The highest BCUT2D eigenvalue weighted by Crippen LogP contribution is 2.41. The molecule has 0 aliphatic heterocycles. The Hall–Kier alpha value is -2.21. The molecule has 1 aromatic heterocycles. The van der Waals surface area contributed by atoms with Crippen LogP contribution in [0.25, 0.3) is 0 Å². The van der Waals surface area contributed by atoms with Gasteiger partial charge in [0.15, 0.2) is 0 Å². The first-order valence-corrected chi connectivity index (χ1v) is 8.23. The monoisotopic (exact) mass is 348 g/mol. The van der Waals surface area contributed by atoms with Crippen LogP contribution < -0.4 is 15.4 Å². The lowest BCUT2D eigenvalue weighted by Gasteiger charge is -2.09. The van der Waals surface area contributed by atoms with Crippen molar-refractivity contribution in [1.29, 1.82) is 0 Å². The standard InChI is InChI=1S/C17H21ClN4O2/c1-10-14(16(24-3)22(2)21-10)9-19-17(23)20-15-8-13(15)11-5-4-6-12(18)7-11/h4-7,13,15H,8-9H2,1-3H3,(H2,19,20,23)/t13-,15-/m0/s1. The maximum atomic E-state index is 12.1. The van der Waals surface area contributed by atoms with Gasteiger partial charge >= 0.3 is 6.03 Å². The molecule has 24 heavy (non-hydrogen) atoms. The third kappa shape index (κ3) is 3.48. The van der Waals surface area contributed by atoms with E-state index in [0.717, 1.165) is 28.3 Å². The van der Waals surface area contributed by atoms with Gasteiger partial charge in [0.1, 0.15) is 0 Å². The summed E-state index contributed by atoms with van der Waals surface area (Å²) in [6.07, 6.45) is 0.934. The van der Waals surface area contributed by atoms with Crippen LogP contribution in [0.2, 0.25) is 5.02 Å². The second kappa shape index (κ2) is 6.73. The molecule has 7 heteroatoms. The van der Waals surface area contributed by atoms with Crippen molar-refractivity contribution in [2.45, 2.75) is 31.8 Å². The number of hydrogen-bond donors (Lipinski definition) is 2. The normalized spacial score (nSPS) is 19.0. The number of carbonyl (C=O) groups is 1. The summed E-state index contributed by atoms with van der Waals surface area (Å²) in [6.45, 7) is 2.27. The van der Waals surface area contributed by atoms with E-state index in [1.54, 1.807) is 11.8 Å². The first kappa shape index (κ1) is 16.6. The van der Waals surface area contributed by atoms with Crippen molar-refractivity contribution < 1.29 is 9.53 Å². The number of hydrogen-bond acceptors (Lipinski definition) is 3. The molecular formula is C17H21ClN4O2. The van der Waals surface area contributed by atoms with E-state index in [9.17, 15) is 4.79 Å². The van der Waals surface area contributed by atoms with Crippen LogP contribution in [-0.2, 0) is 13.6 Å². The first-order chi connectivity index (χ1) is 11.5. The Labute approximate surface area is 146 Å². The minimum atomic E-state index is -0.185. The highest BCUT2D eigenvalue weighted by molar-refractivity contribution is 6.30. The number of ether oxygens (including phenoxy) is 1. The first-order valence-electron chi connectivity index (χ1n) is 7.86. The molecule has 2 amide bonds. The van der Waals surface area contributed by atoms with Crippen molar-refractivity contribution >= 4 is 17.6 Å². The molecule has 2 N–H and O–H groups in total. The van der Waals surface area contributed by atoms with Crippen LogP contribution in [-0.4, -0.2) is 29.0 Å². The fourth-order valence-electron chi connectivity index (χ4n) is 2.99. The van der Waals surface area contributed by atoms with Gasteiger partial charge in [0, 0.05) is 24.0 Å². The van der Waals surface area contributed by atoms with Crippen molar-refractivity contribution in [2.24, 2.45) is 7.05 Å². The summed E-state index contributed by atoms with van der Waals surface area (Å²) in [6, 6.07) is 7.75. The molecule has 1 aliphatic rings. The van der Waals surface area contributed by atoms with E-state index in [2.05, 4.69) is 15.7 Å². The highest BCUT2D eigenvalue weighted by Gasteiger charge is 2.39. The number of benzene rings is 1. The SMILES string of the molecule is COc1c(CNC(=O)N[C@H]2C[C@H]2c2cccc(Cl)c2)c(C)nn1C. The van der Waals surface area contributed by atoms with E-state index in [4.69, 9.17) is 16.3 Å². The number of halogens is 1. The summed E-state index contributed by atoms with van der Waals surface area (Å²) in [5.41, 5.74) is 2.90. The van der Waals surface area contributed by atoms with Gasteiger partial charge in [-0.1, -0.05) is 23.7 Å². The molecule has 0 spiro atoms. The number of aryl methyl sites for hydroxylation is 2. The number of nitrogens with zero attached hydrogens (tertiary/aromatic N) is 2. The van der Waals surface area contributed by atoms with Crippen molar-refractivity contribution in [3.8, 4) is 5.88 Å².